The van der Waals surface area contributed by atoms with E-state index in [0.29, 0.717) is 56.2 Å². The van der Waals surface area contributed by atoms with Crippen LogP contribution in [0.1, 0.15) is 52.2 Å². The molecule has 1 aromatic heterocycles. The molecule has 2 saturated heterocycles. The number of benzene rings is 1. The van der Waals surface area contributed by atoms with Gasteiger partial charge in [0, 0.05) is 53.2 Å². The largest absolute Gasteiger partial charge is 0.495 e. The average Bonchev–Trinajstić information content (AvgIpc) is 2.89. The van der Waals surface area contributed by atoms with Gasteiger partial charge in [0.15, 0.2) is 8.32 Å². The molecule has 2 N–H and O–H groups in total. The van der Waals surface area contributed by atoms with Crippen LogP contribution in [0.4, 0.5) is 17.5 Å². The number of aryl methyl sites for hydroxylation is 1. The average molecular weight is 600 g/mol. The van der Waals surface area contributed by atoms with Crippen LogP contribution in [-0.4, -0.2) is 57.9 Å². The minimum atomic E-state index is -2.05. The van der Waals surface area contributed by atoms with Gasteiger partial charge < -0.3 is 29.1 Å². The minimum Gasteiger partial charge on any atom is -0.413 e. The molecule has 0 saturated carbocycles. The lowest BCUT2D eigenvalue weighted by Crippen LogP contribution is -2.49. The normalized spacial score (nSPS) is 21.3. The highest BCUT2D eigenvalue weighted by Crippen LogP contribution is 2.37. The van der Waals surface area contributed by atoms with Crippen molar-refractivity contribution in [2.75, 3.05) is 37.1 Å². The summed E-state index contributed by atoms with van der Waals surface area (Å²) in [7, 11) is -2.62. The van der Waals surface area contributed by atoms with Gasteiger partial charge in [0.2, 0.25) is 5.95 Å². The first-order chi connectivity index (χ1) is 19.2. The predicted octanol–water partition coefficient (Wildman–Crippen LogP) is 5.81. The van der Waals surface area contributed by atoms with Crippen LogP contribution in [0.5, 0.6) is 0 Å². The Bertz CT molecular complexity index is 1270. The zero-order chi connectivity index (χ0) is 30.0. The molecule has 0 aliphatic carbocycles. The highest BCUT2D eigenvalue weighted by molar-refractivity contribution is 6.74. The number of nitrogens with zero attached hydrogens (tertiary/aromatic N) is 3. The Morgan fingerprint density at radius 1 is 1.24 bits per heavy atom. The Kier molecular flexibility index (Phi) is 9.73. The lowest BCUT2D eigenvalue weighted by Gasteiger charge is -2.37. The van der Waals surface area contributed by atoms with Crippen LogP contribution in [-0.2, 0) is 25.1 Å². The van der Waals surface area contributed by atoms with E-state index in [1.165, 1.54) is 0 Å². The number of anilines is 3. The lowest BCUT2D eigenvalue weighted by atomic mass is 9.73. The standard InChI is InChI=1S/C29H43BClN5O4Si/c1-19-14-33-27(36-26(19)35-24-16-37-10-9-20(24)13-32)34-22-11-21(15-40-41(7,8)28(2,3)4)25(23(31)12-22)30-38-17-29(5,6)18-39-30/h11-12,14,20,24H,9-10,15-18H2,1-8H3,(H2,33,34,35,36)/t20-,24+/m0/s1. The van der Waals surface area contributed by atoms with Gasteiger partial charge in [-0.25, -0.2) is 4.98 Å². The van der Waals surface area contributed by atoms with Crippen LogP contribution in [0.25, 0.3) is 0 Å². The highest BCUT2D eigenvalue weighted by atomic mass is 35.5. The summed E-state index contributed by atoms with van der Waals surface area (Å²) in [5, 5.41) is 16.9. The Balaban J connectivity index is 1.61. The Morgan fingerprint density at radius 2 is 1.95 bits per heavy atom. The summed E-state index contributed by atoms with van der Waals surface area (Å²) >= 11 is 6.92. The third-order valence-corrected chi connectivity index (χ3v) is 13.0. The molecule has 4 rings (SSSR count). The molecule has 0 spiro atoms. The van der Waals surface area contributed by atoms with Crippen molar-refractivity contribution < 1.29 is 18.5 Å². The predicted molar refractivity (Wildman–Crippen MR) is 167 cm³/mol. The molecule has 12 heteroatoms. The van der Waals surface area contributed by atoms with Crippen LogP contribution in [0.15, 0.2) is 18.3 Å². The van der Waals surface area contributed by atoms with Crippen molar-refractivity contribution in [3.8, 4) is 6.07 Å². The van der Waals surface area contributed by atoms with Crippen LogP contribution < -0.4 is 16.1 Å². The number of hydrogen-bond donors (Lipinski definition) is 2. The van der Waals surface area contributed by atoms with E-state index in [-0.39, 0.29) is 22.4 Å². The van der Waals surface area contributed by atoms with Crippen molar-refractivity contribution in [2.45, 2.75) is 78.7 Å². The van der Waals surface area contributed by atoms with Crippen molar-refractivity contribution >= 4 is 50.0 Å². The summed E-state index contributed by atoms with van der Waals surface area (Å²) in [6, 6.07) is 6.10. The molecule has 0 bridgehead atoms. The minimum absolute atomic E-state index is 0.0573. The third-order valence-electron chi connectivity index (χ3n) is 8.17. The lowest BCUT2D eigenvalue weighted by molar-refractivity contribution is 0.0342. The van der Waals surface area contributed by atoms with E-state index in [2.05, 4.69) is 69.4 Å². The maximum atomic E-state index is 9.56. The number of halogens is 1. The van der Waals surface area contributed by atoms with Gasteiger partial charge in [-0.3, -0.25) is 0 Å². The summed E-state index contributed by atoms with van der Waals surface area (Å²) in [5.41, 5.74) is 3.24. The quantitative estimate of drug-likeness (QED) is 0.363. The molecule has 2 fully saturated rings. The third kappa shape index (κ3) is 7.80. The molecular weight excluding hydrogens is 557 g/mol. The SMILES string of the molecule is Cc1cnc(Nc2cc(Cl)c(B3OCC(C)(C)CO3)c(CO[Si](C)(C)C(C)(C)C)c2)nc1N[C@@H]1COCC[C@H]1C#N. The van der Waals surface area contributed by atoms with Crippen LogP contribution in [0.3, 0.4) is 0 Å². The molecule has 0 amide bonds. The van der Waals surface area contributed by atoms with Gasteiger partial charge in [-0.15, -0.1) is 0 Å². The first-order valence-electron chi connectivity index (χ1n) is 14.2. The molecular formula is C29H43BClN5O4Si. The molecule has 2 atom stereocenters. The first kappa shape index (κ1) is 31.7. The van der Waals surface area contributed by atoms with E-state index in [0.717, 1.165) is 22.3 Å². The summed E-state index contributed by atoms with van der Waals surface area (Å²) < 4.78 is 24.5. The van der Waals surface area contributed by atoms with Crippen LogP contribution in [0.2, 0.25) is 23.2 Å². The fourth-order valence-corrected chi connectivity index (χ4v) is 5.73. The molecule has 9 nitrogen and oxygen atoms in total. The van der Waals surface area contributed by atoms with E-state index in [4.69, 9.17) is 35.1 Å². The maximum Gasteiger partial charge on any atom is 0.495 e. The number of nitrogens with one attached hydrogen (secondary N) is 2. The number of aromatic nitrogens is 2. The Hall–Kier alpha value is -2.20. The fourth-order valence-electron chi connectivity index (χ4n) is 4.45. The molecule has 222 valence electrons. The molecule has 0 unspecified atom stereocenters. The zero-order valence-corrected chi connectivity index (χ0v) is 27.3. The number of rotatable bonds is 8. The monoisotopic (exact) mass is 599 g/mol. The molecule has 41 heavy (non-hydrogen) atoms. The maximum absolute atomic E-state index is 9.56. The summed E-state index contributed by atoms with van der Waals surface area (Å²) in [4.78, 5) is 9.22. The van der Waals surface area contributed by atoms with Crippen molar-refractivity contribution in [1.82, 2.24) is 9.97 Å². The van der Waals surface area contributed by atoms with Crippen LogP contribution >= 0.6 is 11.6 Å². The second kappa shape index (κ2) is 12.6. The smallest absolute Gasteiger partial charge is 0.413 e. The Morgan fingerprint density at radius 3 is 2.61 bits per heavy atom. The first-order valence-corrected chi connectivity index (χ1v) is 17.5. The van der Waals surface area contributed by atoms with Gasteiger partial charge >= 0.3 is 7.12 Å². The highest BCUT2D eigenvalue weighted by Gasteiger charge is 2.39. The van der Waals surface area contributed by atoms with Crippen LogP contribution in [0, 0.1) is 29.6 Å². The van der Waals surface area contributed by atoms with Gasteiger partial charge in [0.25, 0.3) is 0 Å². The van der Waals surface area contributed by atoms with Crippen molar-refractivity contribution in [2.24, 2.45) is 11.3 Å². The number of ether oxygens (including phenoxy) is 1. The number of nitriles is 1. The fraction of sp³-hybridized carbons (Fsp3) is 0.621. The van der Waals surface area contributed by atoms with Gasteiger partial charge in [-0.1, -0.05) is 46.2 Å². The van der Waals surface area contributed by atoms with Gasteiger partial charge in [0.1, 0.15) is 5.82 Å². The second-order valence-electron chi connectivity index (χ2n) is 13.4. The number of hydrogen-bond acceptors (Lipinski definition) is 9. The van der Waals surface area contributed by atoms with Gasteiger partial charge in [-0.05, 0) is 49.2 Å². The van der Waals surface area contributed by atoms with Crippen molar-refractivity contribution in [3.05, 3.63) is 34.5 Å². The van der Waals surface area contributed by atoms with E-state index < -0.39 is 15.4 Å². The van der Waals surface area contributed by atoms with Crippen molar-refractivity contribution in [3.63, 3.8) is 0 Å². The molecule has 1 aromatic carbocycles. The summed E-state index contributed by atoms with van der Waals surface area (Å²) in [6.07, 6.45) is 2.45. The topological polar surface area (TPSA) is 111 Å². The van der Waals surface area contributed by atoms with Crippen molar-refractivity contribution in [1.29, 1.82) is 5.26 Å². The molecule has 3 heterocycles. The van der Waals surface area contributed by atoms with Gasteiger partial charge in [-0.2, -0.15) is 10.2 Å². The summed E-state index contributed by atoms with van der Waals surface area (Å²) in [5.74, 6) is 0.934. The molecule has 2 aliphatic rings. The van der Waals surface area contributed by atoms with E-state index in [9.17, 15) is 5.26 Å². The zero-order valence-electron chi connectivity index (χ0n) is 25.6. The van der Waals surface area contributed by atoms with E-state index in [1.807, 2.05) is 19.1 Å². The molecule has 2 aromatic rings. The van der Waals surface area contributed by atoms with Gasteiger partial charge in [0.05, 0.1) is 31.2 Å². The summed E-state index contributed by atoms with van der Waals surface area (Å²) in [6.45, 7) is 19.9. The molecule has 0 radical (unpaired) electrons. The van der Waals surface area contributed by atoms with E-state index in [1.54, 1.807) is 6.20 Å². The second-order valence-corrected chi connectivity index (χ2v) is 18.6. The molecule has 2 aliphatic heterocycles. The van der Waals surface area contributed by atoms with E-state index >= 15 is 0 Å². The Labute approximate surface area is 250 Å².